The molecule has 1 aromatic heterocycles. The van der Waals surface area contributed by atoms with Gasteiger partial charge in [0.1, 0.15) is 0 Å². The molecular formula is C15H16ClN3O2. The van der Waals surface area contributed by atoms with Gasteiger partial charge in [0.15, 0.2) is 0 Å². The van der Waals surface area contributed by atoms with Crippen LogP contribution in [0.3, 0.4) is 0 Å². The van der Waals surface area contributed by atoms with E-state index in [0.29, 0.717) is 10.9 Å². The fraction of sp³-hybridized carbons (Fsp3) is 0.333. The molecule has 1 aromatic carbocycles. The fourth-order valence-corrected chi connectivity index (χ4v) is 2.44. The van der Waals surface area contributed by atoms with Crippen molar-refractivity contribution in [3.8, 4) is 0 Å². The first kappa shape index (κ1) is 14.1. The number of rotatable bonds is 3. The van der Waals surface area contributed by atoms with Gasteiger partial charge in [0.2, 0.25) is 11.7 Å². The number of amides is 1. The van der Waals surface area contributed by atoms with Crippen LogP contribution in [-0.2, 0) is 0 Å². The number of carbonyl (C=O) groups is 1. The lowest BCUT2D eigenvalue weighted by molar-refractivity contribution is 0.0963. The standard InChI is InChI=1S/C15H16ClN3O2/c1-9-11(16)4-3-5-12(9)19(2)15(20)13-8-18-14(21-13)10-6-17-7-10/h3-5,8,10,17H,6-7H2,1-2H3. The molecule has 0 saturated carbocycles. The zero-order valence-corrected chi connectivity index (χ0v) is 12.6. The van der Waals surface area contributed by atoms with Crippen molar-refractivity contribution in [3.63, 3.8) is 0 Å². The van der Waals surface area contributed by atoms with Gasteiger partial charge in [-0.3, -0.25) is 4.79 Å². The summed E-state index contributed by atoms with van der Waals surface area (Å²) in [6.45, 7) is 3.57. The Morgan fingerprint density at radius 1 is 1.48 bits per heavy atom. The van der Waals surface area contributed by atoms with Crippen molar-refractivity contribution in [2.75, 3.05) is 25.0 Å². The molecule has 6 heteroatoms. The van der Waals surface area contributed by atoms with Crippen molar-refractivity contribution in [1.82, 2.24) is 10.3 Å². The van der Waals surface area contributed by atoms with Crippen LogP contribution in [0.1, 0.15) is 27.9 Å². The molecule has 0 aliphatic carbocycles. The largest absolute Gasteiger partial charge is 0.435 e. The summed E-state index contributed by atoms with van der Waals surface area (Å²) >= 11 is 6.10. The van der Waals surface area contributed by atoms with E-state index in [9.17, 15) is 4.79 Å². The average Bonchev–Trinajstić information content (AvgIpc) is 2.87. The summed E-state index contributed by atoms with van der Waals surface area (Å²) < 4.78 is 5.59. The smallest absolute Gasteiger partial charge is 0.295 e. The molecule has 0 unspecified atom stereocenters. The minimum atomic E-state index is -0.230. The molecule has 3 rings (SSSR count). The number of nitrogens with zero attached hydrogens (tertiary/aromatic N) is 2. The number of benzene rings is 1. The number of aromatic nitrogens is 1. The van der Waals surface area contributed by atoms with Gasteiger partial charge in [-0.1, -0.05) is 17.7 Å². The van der Waals surface area contributed by atoms with E-state index in [1.807, 2.05) is 19.1 Å². The summed E-state index contributed by atoms with van der Waals surface area (Å²) in [6, 6.07) is 5.47. The predicted octanol–water partition coefficient (Wildman–Crippen LogP) is 2.60. The van der Waals surface area contributed by atoms with E-state index in [2.05, 4.69) is 10.3 Å². The highest BCUT2D eigenvalue weighted by Gasteiger charge is 2.26. The van der Waals surface area contributed by atoms with Crippen LogP contribution >= 0.6 is 11.6 Å². The highest BCUT2D eigenvalue weighted by Crippen LogP contribution is 2.27. The Bertz CT molecular complexity index is 679. The molecule has 0 bridgehead atoms. The van der Waals surface area contributed by atoms with E-state index in [1.165, 1.54) is 11.1 Å². The summed E-state index contributed by atoms with van der Waals surface area (Å²) in [4.78, 5) is 18.2. The molecule has 5 nitrogen and oxygen atoms in total. The quantitative estimate of drug-likeness (QED) is 0.947. The van der Waals surface area contributed by atoms with E-state index in [4.69, 9.17) is 16.0 Å². The first-order valence-corrected chi connectivity index (χ1v) is 7.15. The first-order valence-electron chi connectivity index (χ1n) is 6.77. The minimum absolute atomic E-state index is 0.230. The van der Waals surface area contributed by atoms with Crippen LogP contribution in [0.25, 0.3) is 0 Å². The number of oxazole rings is 1. The lowest BCUT2D eigenvalue weighted by Crippen LogP contribution is -2.40. The third-order valence-corrected chi connectivity index (χ3v) is 4.18. The summed E-state index contributed by atoms with van der Waals surface area (Å²) in [7, 11) is 1.70. The second kappa shape index (κ2) is 5.50. The monoisotopic (exact) mass is 305 g/mol. The van der Waals surface area contributed by atoms with Crippen molar-refractivity contribution >= 4 is 23.2 Å². The molecule has 21 heavy (non-hydrogen) atoms. The minimum Gasteiger partial charge on any atom is -0.435 e. The average molecular weight is 306 g/mol. The molecule has 0 radical (unpaired) electrons. The van der Waals surface area contributed by atoms with Gasteiger partial charge in [0.05, 0.1) is 12.1 Å². The summed E-state index contributed by atoms with van der Waals surface area (Å²) in [5, 5.41) is 3.78. The van der Waals surface area contributed by atoms with E-state index in [1.54, 1.807) is 13.1 Å². The maximum Gasteiger partial charge on any atom is 0.295 e. The second-order valence-electron chi connectivity index (χ2n) is 5.17. The molecule has 110 valence electrons. The van der Waals surface area contributed by atoms with Crippen molar-refractivity contribution in [2.24, 2.45) is 0 Å². The lowest BCUT2D eigenvalue weighted by Gasteiger charge is -2.23. The fourth-order valence-electron chi connectivity index (χ4n) is 2.27. The molecule has 1 aliphatic heterocycles. The zero-order valence-electron chi connectivity index (χ0n) is 11.9. The summed E-state index contributed by atoms with van der Waals surface area (Å²) in [6.07, 6.45) is 1.49. The number of halogens is 1. The molecule has 0 atom stereocenters. The van der Waals surface area contributed by atoms with Crippen molar-refractivity contribution in [3.05, 3.63) is 46.6 Å². The Morgan fingerprint density at radius 2 is 2.24 bits per heavy atom. The van der Waals surface area contributed by atoms with Crippen LogP contribution in [-0.4, -0.2) is 31.0 Å². The van der Waals surface area contributed by atoms with E-state index in [0.717, 1.165) is 24.3 Å². The van der Waals surface area contributed by atoms with Crippen LogP contribution in [0.2, 0.25) is 5.02 Å². The van der Waals surface area contributed by atoms with Gasteiger partial charge in [0.25, 0.3) is 5.91 Å². The van der Waals surface area contributed by atoms with Crippen LogP contribution < -0.4 is 10.2 Å². The van der Waals surface area contributed by atoms with E-state index >= 15 is 0 Å². The third-order valence-electron chi connectivity index (χ3n) is 3.77. The van der Waals surface area contributed by atoms with Gasteiger partial charge < -0.3 is 14.6 Å². The molecule has 1 fully saturated rings. The van der Waals surface area contributed by atoms with Crippen molar-refractivity contribution in [2.45, 2.75) is 12.8 Å². The Kier molecular flexibility index (Phi) is 3.69. The van der Waals surface area contributed by atoms with Gasteiger partial charge in [-0.05, 0) is 24.6 Å². The molecule has 1 N–H and O–H groups in total. The first-order chi connectivity index (χ1) is 10.1. The van der Waals surface area contributed by atoms with Gasteiger partial charge in [-0.25, -0.2) is 4.98 Å². The summed E-state index contributed by atoms with van der Waals surface area (Å²) in [5.41, 5.74) is 1.62. The summed E-state index contributed by atoms with van der Waals surface area (Å²) in [5.74, 6) is 0.906. The normalized spacial score (nSPS) is 14.8. The Hall–Kier alpha value is -1.85. The Morgan fingerprint density at radius 3 is 2.90 bits per heavy atom. The van der Waals surface area contributed by atoms with Crippen LogP contribution in [0.5, 0.6) is 0 Å². The zero-order chi connectivity index (χ0) is 15.0. The van der Waals surface area contributed by atoms with Gasteiger partial charge >= 0.3 is 0 Å². The lowest BCUT2D eigenvalue weighted by atomic mass is 10.0. The highest BCUT2D eigenvalue weighted by molar-refractivity contribution is 6.31. The predicted molar refractivity (Wildman–Crippen MR) is 81.0 cm³/mol. The van der Waals surface area contributed by atoms with E-state index < -0.39 is 0 Å². The molecule has 0 spiro atoms. The SMILES string of the molecule is Cc1c(Cl)cccc1N(C)C(=O)c1cnc(C2CNC2)o1. The third kappa shape index (κ3) is 2.54. The molecular weight excluding hydrogens is 290 g/mol. The second-order valence-corrected chi connectivity index (χ2v) is 5.57. The van der Waals surface area contributed by atoms with Crippen LogP contribution in [0.15, 0.2) is 28.8 Å². The van der Waals surface area contributed by atoms with Gasteiger partial charge in [-0.2, -0.15) is 0 Å². The highest BCUT2D eigenvalue weighted by atomic mass is 35.5. The Balaban J connectivity index is 1.83. The number of nitrogens with one attached hydrogen (secondary N) is 1. The molecule has 2 aromatic rings. The number of hydrogen-bond donors (Lipinski definition) is 1. The van der Waals surface area contributed by atoms with Crippen molar-refractivity contribution in [1.29, 1.82) is 0 Å². The maximum absolute atomic E-state index is 12.5. The van der Waals surface area contributed by atoms with Crippen molar-refractivity contribution < 1.29 is 9.21 Å². The van der Waals surface area contributed by atoms with Gasteiger partial charge in [0, 0.05) is 30.8 Å². The number of carbonyl (C=O) groups excluding carboxylic acids is 1. The molecule has 1 aliphatic rings. The molecule has 1 amide bonds. The number of hydrogen-bond acceptors (Lipinski definition) is 4. The van der Waals surface area contributed by atoms with Crippen LogP contribution in [0, 0.1) is 6.92 Å². The Labute approximate surface area is 127 Å². The van der Waals surface area contributed by atoms with Crippen LogP contribution in [0.4, 0.5) is 5.69 Å². The topological polar surface area (TPSA) is 58.4 Å². The molecule has 1 saturated heterocycles. The maximum atomic E-state index is 12.5. The van der Waals surface area contributed by atoms with Gasteiger partial charge in [-0.15, -0.1) is 0 Å². The van der Waals surface area contributed by atoms with E-state index in [-0.39, 0.29) is 17.6 Å². The molecule has 2 heterocycles. The number of anilines is 1.